The van der Waals surface area contributed by atoms with Crippen LogP contribution in [-0.4, -0.2) is 11.2 Å². The molecule has 1 nitrogen and oxygen atoms in total. The zero-order valence-corrected chi connectivity index (χ0v) is 10.2. The van der Waals surface area contributed by atoms with Crippen molar-refractivity contribution in [3.8, 4) is 0 Å². The van der Waals surface area contributed by atoms with Crippen LogP contribution in [0.1, 0.15) is 43.2 Å². The average molecular weight is 218 g/mol. The predicted molar refractivity (Wildman–Crippen MR) is 67.5 cm³/mol. The topological polar surface area (TPSA) is 20.2 Å². The first kappa shape index (κ1) is 11.7. The molecule has 1 aliphatic carbocycles. The van der Waals surface area contributed by atoms with E-state index in [1.54, 1.807) is 0 Å². The van der Waals surface area contributed by atoms with Gasteiger partial charge in [0.2, 0.25) is 0 Å². The lowest BCUT2D eigenvalue weighted by Crippen LogP contribution is -2.24. The van der Waals surface area contributed by atoms with Gasteiger partial charge in [0.25, 0.3) is 0 Å². The van der Waals surface area contributed by atoms with Gasteiger partial charge in [-0.25, -0.2) is 0 Å². The Labute approximate surface area is 98.5 Å². The molecule has 1 N–H and O–H groups in total. The highest BCUT2D eigenvalue weighted by Gasteiger charge is 2.21. The fourth-order valence-electron chi connectivity index (χ4n) is 2.65. The first-order valence-electron chi connectivity index (χ1n) is 6.49. The first-order chi connectivity index (χ1) is 7.75. The summed E-state index contributed by atoms with van der Waals surface area (Å²) >= 11 is 0. The molecular weight excluding hydrogens is 196 g/mol. The van der Waals surface area contributed by atoms with E-state index >= 15 is 0 Å². The van der Waals surface area contributed by atoms with Crippen molar-refractivity contribution in [2.75, 3.05) is 0 Å². The van der Waals surface area contributed by atoms with Crippen LogP contribution in [0.4, 0.5) is 0 Å². The smallest absolute Gasteiger partial charge is 0.0608 e. The maximum atomic E-state index is 10.2. The van der Waals surface area contributed by atoms with Crippen molar-refractivity contribution in [1.29, 1.82) is 0 Å². The number of aliphatic hydroxyl groups is 1. The lowest BCUT2D eigenvalue weighted by molar-refractivity contribution is 0.0851. The molecule has 1 aromatic rings. The zero-order valence-electron chi connectivity index (χ0n) is 10.2. The molecule has 1 heteroatoms. The molecule has 88 valence electrons. The van der Waals surface area contributed by atoms with Gasteiger partial charge in [0.1, 0.15) is 0 Å². The second-order valence-electron chi connectivity index (χ2n) is 5.16. The Morgan fingerprint density at radius 1 is 1.12 bits per heavy atom. The summed E-state index contributed by atoms with van der Waals surface area (Å²) in [4.78, 5) is 0. The fourth-order valence-corrected chi connectivity index (χ4v) is 2.65. The second kappa shape index (κ2) is 5.49. The minimum absolute atomic E-state index is 0.136. The summed E-state index contributed by atoms with van der Waals surface area (Å²) in [5.74, 6) is 0.537. The Hall–Kier alpha value is -0.820. The fraction of sp³-hybridized carbons (Fsp3) is 0.600. The predicted octanol–water partition coefficient (Wildman–Crippen LogP) is 3.48. The van der Waals surface area contributed by atoms with Crippen LogP contribution in [-0.2, 0) is 6.42 Å². The van der Waals surface area contributed by atoms with Crippen molar-refractivity contribution in [3.63, 3.8) is 0 Å². The minimum Gasteiger partial charge on any atom is -0.392 e. The van der Waals surface area contributed by atoms with Crippen molar-refractivity contribution < 1.29 is 5.11 Å². The van der Waals surface area contributed by atoms with Crippen LogP contribution in [0.5, 0.6) is 0 Å². The molecule has 0 heterocycles. The van der Waals surface area contributed by atoms with Crippen LogP contribution in [0.2, 0.25) is 0 Å². The molecule has 1 aliphatic rings. The Morgan fingerprint density at radius 3 is 2.38 bits per heavy atom. The molecule has 0 aliphatic heterocycles. The highest BCUT2D eigenvalue weighted by atomic mass is 16.3. The number of hydrogen-bond donors (Lipinski definition) is 1. The summed E-state index contributed by atoms with van der Waals surface area (Å²) in [6, 6.07) is 8.54. The maximum absolute atomic E-state index is 10.2. The lowest BCUT2D eigenvalue weighted by Gasteiger charge is -2.26. The van der Waals surface area contributed by atoms with E-state index in [0.29, 0.717) is 5.92 Å². The molecule has 1 aromatic carbocycles. The molecule has 1 saturated carbocycles. The Kier molecular flexibility index (Phi) is 4.00. The quantitative estimate of drug-likeness (QED) is 0.823. The highest BCUT2D eigenvalue weighted by Crippen LogP contribution is 2.27. The Morgan fingerprint density at radius 2 is 1.75 bits per heavy atom. The first-order valence-corrected chi connectivity index (χ1v) is 6.49. The Balaban J connectivity index is 1.90. The number of rotatable bonds is 3. The van der Waals surface area contributed by atoms with E-state index < -0.39 is 0 Å². The van der Waals surface area contributed by atoms with E-state index in [4.69, 9.17) is 0 Å². The monoisotopic (exact) mass is 218 g/mol. The maximum Gasteiger partial charge on any atom is 0.0608 e. The van der Waals surface area contributed by atoms with E-state index in [2.05, 4.69) is 31.2 Å². The number of benzene rings is 1. The molecule has 2 rings (SSSR count). The minimum atomic E-state index is -0.136. The van der Waals surface area contributed by atoms with Crippen molar-refractivity contribution in [2.45, 2.75) is 51.6 Å². The van der Waals surface area contributed by atoms with Crippen molar-refractivity contribution in [2.24, 2.45) is 5.92 Å². The number of aryl methyl sites for hydroxylation is 1. The van der Waals surface area contributed by atoms with E-state index in [1.165, 1.54) is 43.2 Å². The summed E-state index contributed by atoms with van der Waals surface area (Å²) in [6.07, 6.45) is 7.08. The summed E-state index contributed by atoms with van der Waals surface area (Å²) in [7, 11) is 0. The van der Waals surface area contributed by atoms with Gasteiger partial charge < -0.3 is 5.11 Å². The molecule has 0 aromatic heterocycles. The van der Waals surface area contributed by atoms with Gasteiger partial charge in [0.15, 0.2) is 0 Å². The van der Waals surface area contributed by atoms with Gasteiger partial charge in [0.05, 0.1) is 6.10 Å². The summed E-state index contributed by atoms with van der Waals surface area (Å²) in [6.45, 7) is 2.10. The molecule has 1 atom stereocenters. The summed E-state index contributed by atoms with van der Waals surface area (Å²) in [5.41, 5.74) is 2.56. The second-order valence-corrected chi connectivity index (χ2v) is 5.16. The Bertz CT molecular complexity index is 309. The molecule has 0 bridgehead atoms. The molecule has 1 unspecified atom stereocenters. The molecule has 1 fully saturated rings. The van der Waals surface area contributed by atoms with Crippen LogP contribution < -0.4 is 0 Å². The third-order valence-corrected chi connectivity index (χ3v) is 3.76. The van der Waals surface area contributed by atoms with Gasteiger partial charge in [-0.3, -0.25) is 0 Å². The van der Waals surface area contributed by atoms with Gasteiger partial charge >= 0.3 is 0 Å². The third-order valence-electron chi connectivity index (χ3n) is 3.76. The summed E-state index contributed by atoms with van der Waals surface area (Å²) < 4.78 is 0. The molecule has 16 heavy (non-hydrogen) atoms. The van der Waals surface area contributed by atoms with E-state index in [0.717, 1.165) is 6.42 Å². The SMILES string of the molecule is Cc1ccc(CC(O)C2CCCCC2)cc1. The zero-order chi connectivity index (χ0) is 11.4. The van der Waals surface area contributed by atoms with Crippen LogP contribution in [0.3, 0.4) is 0 Å². The standard InChI is InChI=1S/C15H22O/c1-12-7-9-13(10-8-12)11-15(16)14-5-3-2-4-6-14/h7-10,14-16H,2-6,11H2,1H3. The van der Waals surface area contributed by atoms with Crippen LogP contribution >= 0.6 is 0 Å². The molecule has 0 amide bonds. The largest absolute Gasteiger partial charge is 0.392 e. The number of aliphatic hydroxyl groups excluding tert-OH is 1. The normalized spacial score (nSPS) is 19.6. The summed E-state index contributed by atoms with van der Waals surface area (Å²) in [5, 5.41) is 10.2. The number of hydrogen-bond acceptors (Lipinski definition) is 1. The van der Waals surface area contributed by atoms with E-state index in [9.17, 15) is 5.11 Å². The van der Waals surface area contributed by atoms with Gasteiger partial charge in [-0.05, 0) is 37.7 Å². The van der Waals surface area contributed by atoms with Gasteiger partial charge in [0, 0.05) is 0 Å². The average Bonchev–Trinajstić information content (AvgIpc) is 2.33. The molecule has 0 radical (unpaired) electrons. The van der Waals surface area contributed by atoms with Gasteiger partial charge in [-0.1, -0.05) is 49.1 Å². The van der Waals surface area contributed by atoms with E-state index in [1.807, 2.05) is 0 Å². The van der Waals surface area contributed by atoms with Gasteiger partial charge in [-0.2, -0.15) is 0 Å². The lowest BCUT2D eigenvalue weighted by atomic mass is 9.83. The van der Waals surface area contributed by atoms with Crippen molar-refractivity contribution in [3.05, 3.63) is 35.4 Å². The van der Waals surface area contributed by atoms with Crippen molar-refractivity contribution in [1.82, 2.24) is 0 Å². The van der Waals surface area contributed by atoms with Crippen LogP contribution in [0, 0.1) is 12.8 Å². The van der Waals surface area contributed by atoms with Crippen molar-refractivity contribution >= 4 is 0 Å². The van der Waals surface area contributed by atoms with Gasteiger partial charge in [-0.15, -0.1) is 0 Å². The molecule has 0 saturated heterocycles. The molecule has 0 spiro atoms. The highest BCUT2D eigenvalue weighted by molar-refractivity contribution is 5.21. The van der Waals surface area contributed by atoms with Crippen LogP contribution in [0.15, 0.2) is 24.3 Å². The molecular formula is C15H22O. The van der Waals surface area contributed by atoms with Crippen LogP contribution in [0.25, 0.3) is 0 Å². The third kappa shape index (κ3) is 3.08. The van der Waals surface area contributed by atoms with E-state index in [-0.39, 0.29) is 6.10 Å².